The van der Waals surface area contributed by atoms with E-state index in [1.165, 1.54) is 36.1 Å². The summed E-state index contributed by atoms with van der Waals surface area (Å²) in [5, 5.41) is 0. The van der Waals surface area contributed by atoms with E-state index >= 15 is 0 Å². The van der Waals surface area contributed by atoms with Crippen LogP contribution in [0.5, 0.6) is 11.5 Å². The SMILES string of the molecule is CCCCCOc1ccc(C2CCC(OCCCOc3c(F)cc(-c4ccc(CCCC)cc4)cc3F)CC2)cc1. The van der Waals surface area contributed by atoms with Gasteiger partial charge in [0.15, 0.2) is 17.4 Å². The van der Waals surface area contributed by atoms with Crippen molar-refractivity contribution in [1.82, 2.24) is 0 Å². The average molecular weight is 565 g/mol. The van der Waals surface area contributed by atoms with Crippen molar-refractivity contribution in [2.24, 2.45) is 0 Å². The molecule has 3 aromatic carbocycles. The summed E-state index contributed by atoms with van der Waals surface area (Å²) in [5.41, 5.74) is 3.92. The summed E-state index contributed by atoms with van der Waals surface area (Å²) in [6.07, 6.45) is 11.8. The highest BCUT2D eigenvalue weighted by Crippen LogP contribution is 2.35. The van der Waals surface area contributed by atoms with E-state index in [-0.39, 0.29) is 18.5 Å². The fourth-order valence-corrected chi connectivity index (χ4v) is 5.53. The maximum atomic E-state index is 14.7. The van der Waals surface area contributed by atoms with Crippen LogP contribution < -0.4 is 9.47 Å². The van der Waals surface area contributed by atoms with Gasteiger partial charge in [-0.25, -0.2) is 8.78 Å². The Hall–Kier alpha value is -2.92. The Kier molecular flexibility index (Phi) is 12.5. The molecule has 4 rings (SSSR count). The molecule has 0 bridgehead atoms. The molecule has 41 heavy (non-hydrogen) atoms. The lowest BCUT2D eigenvalue weighted by molar-refractivity contribution is 0.0188. The minimum absolute atomic E-state index is 0.210. The van der Waals surface area contributed by atoms with Gasteiger partial charge in [0.05, 0.1) is 25.9 Å². The summed E-state index contributed by atoms with van der Waals surface area (Å²) in [4.78, 5) is 0. The van der Waals surface area contributed by atoms with Gasteiger partial charge in [0.1, 0.15) is 5.75 Å². The molecular weight excluding hydrogens is 518 g/mol. The average Bonchev–Trinajstić information content (AvgIpc) is 3.00. The second-order valence-corrected chi connectivity index (χ2v) is 11.2. The number of hydrogen-bond acceptors (Lipinski definition) is 3. The Balaban J connectivity index is 1.15. The zero-order valence-corrected chi connectivity index (χ0v) is 24.8. The van der Waals surface area contributed by atoms with Crippen LogP contribution in [0.1, 0.15) is 95.1 Å². The quantitative estimate of drug-likeness (QED) is 0.162. The van der Waals surface area contributed by atoms with Crippen LogP contribution in [0.3, 0.4) is 0 Å². The molecule has 0 unspecified atom stereocenters. The summed E-state index contributed by atoms with van der Waals surface area (Å²) in [7, 11) is 0. The van der Waals surface area contributed by atoms with Crippen LogP contribution in [0.4, 0.5) is 8.78 Å². The first-order chi connectivity index (χ1) is 20.1. The molecule has 1 aliphatic carbocycles. The fraction of sp³-hybridized carbons (Fsp3) is 0.500. The van der Waals surface area contributed by atoms with E-state index in [0.29, 0.717) is 24.5 Å². The summed E-state index contributed by atoms with van der Waals surface area (Å²) in [6, 6.07) is 19.2. The van der Waals surface area contributed by atoms with E-state index in [1.807, 2.05) is 24.3 Å². The zero-order valence-electron chi connectivity index (χ0n) is 24.8. The lowest BCUT2D eigenvalue weighted by Crippen LogP contribution is -2.22. The van der Waals surface area contributed by atoms with Gasteiger partial charge in [-0.3, -0.25) is 0 Å². The van der Waals surface area contributed by atoms with Crippen LogP contribution in [0.15, 0.2) is 60.7 Å². The maximum absolute atomic E-state index is 14.7. The number of rotatable bonds is 16. The number of aryl methyl sites for hydroxylation is 1. The van der Waals surface area contributed by atoms with Crippen molar-refractivity contribution in [2.75, 3.05) is 19.8 Å². The molecule has 0 N–H and O–H groups in total. The summed E-state index contributed by atoms with van der Waals surface area (Å²) in [6.45, 7) is 5.87. The largest absolute Gasteiger partial charge is 0.494 e. The Morgan fingerprint density at radius 3 is 1.98 bits per heavy atom. The summed E-state index contributed by atoms with van der Waals surface area (Å²) >= 11 is 0. The lowest BCUT2D eigenvalue weighted by Gasteiger charge is -2.29. The molecule has 1 saturated carbocycles. The highest BCUT2D eigenvalue weighted by molar-refractivity contribution is 5.65. The number of benzene rings is 3. The molecule has 0 aromatic heterocycles. The normalized spacial score (nSPS) is 17.0. The smallest absolute Gasteiger partial charge is 0.190 e. The standard InChI is InChI=1S/C36H46F2O3/c1-3-5-7-22-39-32-18-14-28(15-19-32)29-16-20-33(21-17-29)40-23-8-24-41-36-34(37)25-31(26-35(36)38)30-12-10-27(11-13-30)9-6-4-2/h10-15,18-19,25-26,29,33H,3-9,16-17,20-24H2,1-2H3. The highest BCUT2D eigenvalue weighted by atomic mass is 19.1. The predicted octanol–water partition coefficient (Wildman–Crippen LogP) is 10.1. The first-order valence-electron chi connectivity index (χ1n) is 15.6. The maximum Gasteiger partial charge on any atom is 0.190 e. The highest BCUT2D eigenvalue weighted by Gasteiger charge is 2.23. The minimum Gasteiger partial charge on any atom is -0.494 e. The Labute approximate surface area is 245 Å². The molecular formula is C36H46F2O3. The molecule has 1 aliphatic rings. The number of ether oxygens (including phenoxy) is 3. The van der Waals surface area contributed by atoms with E-state index in [4.69, 9.17) is 14.2 Å². The predicted molar refractivity (Wildman–Crippen MR) is 163 cm³/mol. The molecule has 1 fully saturated rings. The Morgan fingerprint density at radius 1 is 0.659 bits per heavy atom. The zero-order chi connectivity index (χ0) is 28.9. The van der Waals surface area contributed by atoms with E-state index < -0.39 is 11.6 Å². The summed E-state index contributed by atoms with van der Waals surface area (Å²) < 4.78 is 46.8. The van der Waals surface area contributed by atoms with Gasteiger partial charge >= 0.3 is 0 Å². The third-order valence-corrected chi connectivity index (χ3v) is 8.04. The van der Waals surface area contributed by atoms with Crippen molar-refractivity contribution in [3.05, 3.63) is 83.4 Å². The van der Waals surface area contributed by atoms with Crippen LogP contribution in [0.2, 0.25) is 0 Å². The summed E-state index contributed by atoms with van der Waals surface area (Å²) in [5.74, 6) is -0.158. The number of unbranched alkanes of at least 4 members (excludes halogenated alkanes) is 3. The van der Waals surface area contributed by atoms with Gasteiger partial charge in [0.25, 0.3) is 0 Å². The van der Waals surface area contributed by atoms with Crippen LogP contribution in [0.25, 0.3) is 11.1 Å². The number of hydrogen-bond donors (Lipinski definition) is 0. The molecule has 0 radical (unpaired) electrons. The molecule has 0 spiro atoms. The monoisotopic (exact) mass is 564 g/mol. The fourth-order valence-electron chi connectivity index (χ4n) is 5.53. The molecule has 3 aromatic rings. The van der Waals surface area contributed by atoms with Crippen molar-refractivity contribution >= 4 is 0 Å². The molecule has 0 atom stereocenters. The van der Waals surface area contributed by atoms with Crippen molar-refractivity contribution in [3.8, 4) is 22.6 Å². The van der Waals surface area contributed by atoms with Crippen molar-refractivity contribution in [1.29, 1.82) is 0 Å². The second kappa shape index (κ2) is 16.5. The van der Waals surface area contributed by atoms with Crippen molar-refractivity contribution in [2.45, 2.75) is 96.5 Å². The molecule has 5 heteroatoms. The van der Waals surface area contributed by atoms with Crippen LogP contribution in [0, 0.1) is 11.6 Å². The topological polar surface area (TPSA) is 27.7 Å². The minimum atomic E-state index is -0.676. The van der Waals surface area contributed by atoms with E-state index in [1.54, 1.807) is 0 Å². The van der Waals surface area contributed by atoms with E-state index in [9.17, 15) is 8.78 Å². The molecule has 0 saturated heterocycles. The van der Waals surface area contributed by atoms with Gasteiger partial charge in [-0.05, 0) is 97.4 Å². The molecule has 3 nitrogen and oxygen atoms in total. The molecule has 0 amide bonds. The van der Waals surface area contributed by atoms with Gasteiger partial charge < -0.3 is 14.2 Å². The van der Waals surface area contributed by atoms with Crippen molar-refractivity contribution in [3.63, 3.8) is 0 Å². The second-order valence-electron chi connectivity index (χ2n) is 11.2. The number of halogens is 2. The first-order valence-corrected chi connectivity index (χ1v) is 15.6. The van der Waals surface area contributed by atoms with Crippen LogP contribution >= 0.6 is 0 Å². The third kappa shape index (κ3) is 9.56. The Morgan fingerprint density at radius 2 is 1.32 bits per heavy atom. The first kappa shape index (κ1) is 31.0. The van der Waals surface area contributed by atoms with Gasteiger partial charge in [-0.15, -0.1) is 0 Å². The molecule has 0 heterocycles. The van der Waals surface area contributed by atoms with Gasteiger partial charge in [0, 0.05) is 6.42 Å². The molecule has 0 aliphatic heterocycles. The third-order valence-electron chi connectivity index (χ3n) is 8.04. The van der Waals surface area contributed by atoms with Gasteiger partial charge in [-0.1, -0.05) is 69.5 Å². The lowest BCUT2D eigenvalue weighted by atomic mass is 9.83. The van der Waals surface area contributed by atoms with Crippen LogP contribution in [-0.2, 0) is 11.2 Å². The van der Waals surface area contributed by atoms with Gasteiger partial charge in [0.2, 0.25) is 0 Å². The van der Waals surface area contributed by atoms with E-state index in [0.717, 1.165) is 69.3 Å². The van der Waals surface area contributed by atoms with E-state index in [2.05, 4.69) is 38.1 Å². The van der Waals surface area contributed by atoms with Crippen molar-refractivity contribution < 1.29 is 23.0 Å². The Bertz CT molecular complexity index is 1150. The molecule has 222 valence electrons. The van der Waals surface area contributed by atoms with Crippen LogP contribution in [-0.4, -0.2) is 25.9 Å². The van der Waals surface area contributed by atoms with Gasteiger partial charge in [-0.2, -0.15) is 0 Å².